The summed E-state index contributed by atoms with van der Waals surface area (Å²) in [5.74, 6) is -2.68. The van der Waals surface area contributed by atoms with E-state index in [0.717, 1.165) is 16.7 Å². The van der Waals surface area contributed by atoms with E-state index >= 15 is 0 Å². The highest BCUT2D eigenvalue weighted by molar-refractivity contribution is 7.15. The minimum atomic E-state index is -2.72. The van der Waals surface area contributed by atoms with Gasteiger partial charge in [-0.15, -0.1) is 10.2 Å². The Kier molecular flexibility index (Phi) is 3.35. The maximum atomic E-state index is 13.0. The van der Waals surface area contributed by atoms with E-state index in [1.807, 2.05) is 6.92 Å². The highest BCUT2D eigenvalue weighted by Gasteiger charge is 2.54. The predicted molar refractivity (Wildman–Crippen MR) is 79.7 cm³/mol. The fourth-order valence-corrected chi connectivity index (χ4v) is 4.44. The summed E-state index contributed by atoms with van der Waals surface area (Å²) in [4.78, 5) is 15.7. The van der Waals surface area contributed by atoms with Crippen molar-refractivity contribution in [2.24, 2.45) is 11.3 Å². The zero-order valence-electron chi connectivity index (χ0n) is 12.8. The second-order valence-electron chi connectivity index (χ2n) is 6.84. The quantitative estimate of drug-likeness (QED) is 0.824. The van der Waals surface area contributed by atoms with Crippen molar-refractivity contribution in [2.75, 3.05) is 44.3 Å². The molecular formula is C14H18F2N4O2S. The molecule has 0 saturated carbocycles. The summed E-state index contributed by atoms with van der Waals surface area (Å²) in [7, 11) is 0. The number of fused-ring (bicyclic) bond motifs is 1. The maximum absolute atomic E-state index is 13.0. The number of hydrogen-bond donors (Lipinski definition) is 0. The molecule has 0 unspecified atom stereocenters. The second kappa shape index (κ2) is 5.07. The zero-order chi connectivity index (χ0) is 16.2. The Labute approximate surface area is 136 Å². The molecule has 0 N–H and O–H groups in total. The van der Waals surface area contributed by atoms with E-state index in [1.165, 1.54) is 16.2 Å². The number of nitrogens with zero attached hydrogens (tertiary/aromatic N) is 4. The van der Waals surface area contributed by atoms with Crippen LogP contribution in [0.2, 0.25) is 0 Å². The first-order valence-corrected chi connectivity index (χ1v) is 8.47. The monoisotopic (exact) mass is 344 g/mol. The van der Waals surface area contributed by atoms with Crippen molar-refractivity contribution >= 4 is 22.4 Å². The molecule has 1 aromatic rings. The molecule has 126 valence electrons. The number of ether oxygens (including phenoxy) is 1. The number of amides is 1. The average Bonchev–Trinajstić information content (AvgIpc) is 3.09. The van der Waals surface area contributed by atoms with E-state index in [1.54, 1.807) is 0 Å². The molecule has 0 aliphatic carbocycles. The average molecular weight is 344 g/mol. The van der Waals surface area contributed by atoms with Gasteiger partial charge in [0.25, 0.3) is 5.92 Å². The number of alkyl halides is 2. The number of carbonyl (C=O) groups excluding carboxylic acids is 1. The van der Waals surface area contributed by atoms with Crippen LogP contribution in [-0.2, 0) is 9.53 Å². The molecule has 0 radical (unpaired) electrons. The lowest BCUT2D eigenvalue weighted by Gasteiger charge is -2.40. The lowest BCUT2D eigenvalue weighted by atomic mass is 9.77. The van der Waals surface area contributed by atoms with Crippen LogP contribution < -0.4 is 4.90 Å². The van der Waals surface area contributed by atoms with Gasteiger partial charge in [-0.2, -0.15) is 0 Å². The molecule has 3 aliphatic rings. The van der Waals surface area contributed by atoms with E-state index in [-0.39, 0.29) is 23.7 Å². The van der Waals surface area contributed by atoms with Gasteiger partial charge in [0.2, 0.25) is 11.0 Å². The van der Waals surface area contributed by atoms with Crippen molar-refractivity contribution < 1.29 is 18.3 Å². The van der Waals surface area contributed by atoms with E-state index in [9.17, 15) is 13.6 Å². The largest absolute Gasteiger partial charge is 0.380 e. The summed E-state index contributed by atoms with van der Waals surface area (Å²) < 4.78 is 31.5. The number of rotatable bonds is 3. The first-order chi connectivity index (χ1) is 10.9. The van der Waals surface area contributed by atoms with Crippen molar-refractivity contribution in [1.29, 1.82) is 0 Å². The molecule has 2 atom stereocenters. The van der Waals surface area contributed by atoms with Crippen LogP contribution in [0.5, 0.6) is 0 Å². The Bertz CT molecular complexity index is 632. The molecule has 3 saturated heterocycles. The Balaban J connectivity index is 1.46. The van der Waals surface area contributed by atoms with Crippen LogP contribution in [0, 0.1) is 18.3 Å². The van der Waals surface area contributed by atoms with Crippen LogP contribution in [-0.4, -0.2) is 66.3 Å². The third-order valence-electron chi connectivity index (χ3n) is 5.01. The summed E-state index contributed by atoms with van der Waals surface area (Å²) in [6.45, 7) is 3.56. The molecule has 9 heteroatoms. The van der Waals surface area contributed by atoms with Gasteiger partial charge in [0, 0.05) is 30.8 Å². The van der Waals surface area contributed by atoms with E-state index in [0.29, 0.717) is 19.8 Å². The van der Waals surface area contributed by atoms with Gasteiger partial charge >= 0.3 is 0 Å². The van der Waals surface area contributed by atoms with Crippen LogP contribution in [0.15, 0.2) is 0 Å². The molecule has 1 amide bonds. The molecular weight excluding hydrogens is 326 g/mol. The van der Waals surface area contributed by atoms with Gasteiger partial charge < -0.3 is 14.5 Å². The first kappa shape index (κ1) is 15.2. The molecule has 1 aromatic heterocycles. The number of hydrogen-bond acceptors (Lipinski definition) is 6. The number of anilines is 1. The summed E-state index contributed by atoms with van der Waals surface area (Å²) >= 11 is 1.53. The number of carbonyl (C=O) groups is 1. The summed E-state index contributed by atoms with van der Waals surface area (Å²) in [5.41, 5.74) is -0.290. The number of likely N-dealkylation sites (tertiary alicyclic amines) is 1. The SMILES string of the molecule is Cc1nnc(N2C[C@@H]3COC[C@]3(CC(=O)N3CC(F)(F)C3)C2)s1. The van der Waals surface area contributed by atoms with Gasteiger partial charge in [-0.1, -0.05) is 11.3 Å². The molecule has 3 fully saturated rings. The lowest BCUT2D eigenvalue weighted by molar-refractivity contribution is -0.168. The lowest BCUT2D eigenvalue weighted by Crippen LogP contribution is -2.59. The van der Waals surface area contributed by atoms with E-state index in [2.05, 4.69) is 15.1 Å². The van der Waals surface area contributed by atoms with Gasteiger partial charge in [-0.3, -0.25) is 4.79 Å². The second-order valence-corrected chi connectivity index (χ2v) is 8.00. The van der Waals surface area contributed by atoms with Crippen LogP contribution in [0.25, 0.3) is 0 Å². The van der Waals surface area contributed by atoms with E-state index in [4.69, 9.17) is 4.74 Å². The number of halogens is 2. The zero-order valence-corrected chi connectivity index (χ0v) is 13.6. The van der Waals surface area contributed by atoms with Crippen molar-refractivity contribution in [2.45, 2.75) is 19.3 Å². The molecule has 23 heavy (non-hydrogen) atoms. The highest BCUT2D eigenvalue weighted by atomic mass is 32.1. The molecule has 0 aromatic carbocycles. The third kappa shape index (κ3) is 2.59. The smallest absolute Gasteiger partial charge is 0.282 e. The predicted octanol–water partition coefficient (Wildman–Crippen LogP) is 1.17. The fourth-order valence-electron chi connectivity index (χ4n) is 3.74. The molecule has 4 rings (SSSR count). The fraction of sp³-hybridized carbons (Fsp3) is 0.786. The van der Waals surface area contributed by atoms with Crippen LogP contribution in [0.1, 0.15) is 11.4 Å². The van der Waals surface area contributed by atoms with Gasteiger partial charge in [-0.25, -0.2) is 8.78 Å². The molecule has 0 bridgehead atoms. The van der Waals surface area contributed by atoms with Gasteiger partial charge in [0.1, 0.15) is 5.01 Å². The summed E-state index contributed by atoms with van der Waals surface area (Å²) in [6, 6.07) is 0. The Hall–Kier alpha value is -1.35. The van der Waals surface area contributed by atoms with Crippen LogP contribution in [0.4, 0.5) is 13.9 Å². The van der Waals surface area contributed by atoms with Gasteiger partial charge in [0.15, 0.2) is 0 Å². The van der Waals surface area contributed by atoms with Crippen molar-refractivity contribution in [3.63, 3.8) is 0 Å². The Morgan fingerprint density at radius 2 is 2.17 bits per heavy atom. The molecule has 0 spiro atoms. The van der Waals surface area contributed by atoms with Crippen molar-refractivity contribution in [3.05, 3.63) is 5.01 Å². The molecule has 4 heterocycles. The standard InChI is InChI=1S/C14H18F2N4O2S/c1-9-17-18-12(23-9)19-3-10-4-22-8-13(10,5-19)2-11(21)20-6-14(15,16)7-20/h10H,2-8H2,1H3/t10-,13+/m1/s1. The summed E-state index contributed by atoms with van der Waals surface area (Å²) in [6.07, 6.45) is 0.266. The first-order valence-electron chi connectivity index (χ1n) is 7.65. The highest BCUT2D eigenvalue weighted by Crippen LogP contribution is 2.46. The maximum Gasteiger partial charge on any atom is 0.282 e. The topological polar surface area (TPSA) is 58.6 Å². The Morgan fingerprint density at radius 1 is 1.39 bits per heavy atom. The van der Waals surface area contributed by atoms with E-state index < -0.39 is 19.0 Å². The van der Waals surface area contributed by atoms with Crippen LogP contribution >= 0.6 is 11.3 Å². The number of aromatic nitrogens is 2. The van der Waals surface area contributed by atoms with Crippen LogP contribution in [0.3, 0.4) is 0 Å². The van der Waals surface area contributed by atoms with Crippen molar-refractivity contribution in [1.82, 2.24) is 15.1 Å². The Morgan fingerprint density at radius 3 is 2.83 bits per heavy atom. The third-order valence-corrected chi connectivity index (χ3v) is 5.91. The minimum absolute atomic E-state index is 0.193. The number of aryl methyl sites for hydroxylation is 1. The molecule has 3 aliphatic heterocycles. The normalized spacial score (nSPS) is 32.0. The minimum Gasteiger partial charge on any atom is -0.380 e. The van der Waals surface area contributed by atoms with Crippen molar-refractivity contribution in [3.8, 4) is 0 Å². The van der Waals surface area contributed by atoms with Gasteiger partial charge in [-0.05, 0) is 6.92 Å². The summed E-state index contributed by atoms with van der Waals surface area (Å²) in [5, 5.41) is 9.98. The van der Waals surface area contributed by atoms with Gasteiger partial charge in [0.05, 0.1) is 26.3 Å². The molecule has 6 nitrogen and oxygen atoms in total.